The van der Waals surface area contributed by atoms with E-state index in [1.165, 1.54) is 17.8 Å². The Balaban J connectivity index is 1.81. The topological polar surface area (TPSA) is 58.6 Å². The fourth-order valence-corrected chi connectivity index (χ4v) is 2.95. The zero-order valence-electron chi connectivity index (χ0n) is 11.4. The van der Waals surface area contributed by atoms with Crippen LogP contribution in [0.5, 0.6) is 0 Å². The van der Waals surface area contributed by atoms with E-state index in [1.54, 1.807) is 6.07 Å². The van der Waals surface area contributed by atoms with E-state index in [9.17, 15) is 4.79 Å². The second kappa shape index (κ2) is 8.05. The fourth-order valence-electron chi connectivity index (χ4n) is 2.18. The SMILES string of the molecule is O=C(NCCC1CCCCO1)c1sccc1C#CCO. The molecule has 1 fully saturated rings. The lowest BCUT2D eigenvalue weighted by molar-refractivity contribution is 0.0117. The Morgan fingerprint density at radius 3 is 3.20 bits per heavy atom. The average Bonchev–Trinajstić information content (AvgIpc) is 2.94. The van der Waals surface area contributed by atoms with Gasteiger partial charge in [-0.3, -0.25) is 4.79 Å². The Morgan fingerprint density at radius 2 is 2.45 bits per heavy atom. The Morgan fingerprint density at radius 1 is 1.55 bits per heavy atom. The number of amides is 1. The van der Waals surface area contributed by atoms with Crippen LogP contribution in [0.4, 0.5) is 0 Å². The van der Waals surface area contributed by atoms with Crippen LogP contribution < -0.4 is 5.32 Å². The summed E-state index contributed by atoms with van der Waals surface area (Å²) in [5.74, 6) is 5.26. The molecule has 1 aromatic rings. The summed E-state index contributed by atoms with van der Waals surface area (Å²) >= 11 is 1.37. The largest absolute Gasteiger partial charge is 0.384 e. The standard InChI is InChI=1S/C15H19NO3S/c17-9-3-4-12-7-11-20-14(12)15(18)16-8-6-13-5-1-2-10-19-13/h7,11,13,17H,1-2,5-6,8-10H2,(H,16,18). The monoisotopic (exact) mass is 293 g/mol. The van der Waals surface area contributed by atoms with Gasteiger partial charge in [-0.05, 0) is 37.1 Å². The lowest BCUT2D eigenvalue weighted by atomic mass is 10.1. The molecule has 4 nitrogen and oxygen atoms in total. The lowest BCUT2D eigenvalue weighted by Crippen LogP contribution is -2.29. The third kappa shape index (κ3) is 4.34. The summed E-state index contributed by atoms with van der Waals surface area (Å²) in [6.45, 7) is 1.26. The first-order valence-electron chi connectivity index (χ1n) is 6.88. The molecule has 108 valence electrons. The van der Waals surface area contributed by atoms with Gasteiger partial charge in [0.2, 0.25) is 0 Å². The van der Waals surface area contributed by atoms with Gasteiger partial charge in [0.1, 0.15) is 11.5 Å². The normalized spacial score (nSPS) is 18.1. The van der Waals surface area contributed by atoms with E-state index in [4.69, 9.17) is 9.84 Å². The summed E-state index contributed by atoms with van der Waals surface area (Å²) in [5.41, 5.74) is 0.676. The molecule has 1 atom stereocenters. The van der Waals surface area contributed by atoms with E-state index >= 15 is 0 Å². The maximum Gasteiger partial charge on any atom is 0.262 e. The Hall–Kier alpha value is -1.35. The van der Waals surface area contributed by atoms with Crippen molar-refractivity contribution in [2.24, 2.45) is 0 Å². The van der Waals surface area contributed by atoms with Gasteiger partial charge in [-0.25, -0.2) is 0 Å². The van der Waals surface area contributed by atoms with Crippen LogP contribution in [0.3, 0.4) is 0 Å². The number of ether oxygens (including phenoxy) is 1. The molecule has 0 spiro atoms. The predicted molar refractivity (Wildman–Crippen MR) is 78.8 cm³/mol. The van der Waals surface area contributed by atoms with E-state index in [-0.39, 0.29) is 18.6 Å². The van der Waals surface area contributed by atoms with Crippen LogP contribution in [0.2, 0.25) is 0 Å². The number of aliphatic hydroxyl groups excluding tert-OH is 1. The van der Waals surface area contributed by atoms with Gasteiger partial charge in [-0.15, -0.1) is 11.3 Å². The van der Waals surface area contributed by atoms with Gasteiger partial charge in [0.15, 0.2) is 0 Å². The Labute approximate surface area is 123 Å². The van der Waals surface area contributed by atoms with Crippen LogP contribution in [0, 0.1) is 11.8 Å². The van der Waals surface area contributed by atoms with Crippen LogP contribution in [0.15, 0.2) is 11.4 Å². The molecule has 1 aliphatic heterocycles. The summed E-state index contributed by atoms with van der Waals surface area (Å²) in [7, 11) is 0. The van der Waals surface area contributed by atoms with E-state index in [1.807, 2.05) is 5.38 Å². The van der Waals surface area contributed by atoms with E-state index in [2.05, 4.69) is 17.2 Å². The smallest absolute Gasteiger partial charge is 0.262 e. The third-order valence-electron chi connectivity index (χ3n) is 3.20. The molecule has 0 radical (unpaired) electrons. The number of carbonyl (C=O) groups is 1. The van der Waals surface area contributed by atoms with Crippen molar-refractivity contribution in [1.82, 2.24) is 5.32 Å². The number of rotatable bonds is 4. The molecule has 0 saturated carbocycles. The van der Waals surface area contributed by atoms with Gasteiger partial charge in [0.25, 0.3) is 5.91 Å². The minimum atomic E-state index is -0.198. The molecule has 1 saturated heterocycles. The fraction of sp³-hybridized carbons (Fsp3) is 0.533. The molecule has 1 aromatic heterocycles. The minimum Gasteiger partial charge on any atom is -0.384 e. The Kier molecular flexibility index (Phi) is 6.06. The summed E-state index contributed by atoms with van der Waals surface area (Å²) < 4.78 is 5.63. The highest BCUT2D eigenvalue weighted by Gasteiger charge is 2.15. The summed E-state index contributed by atoms with van der Waals surface area (Å²) in [6.07, 6.45) is 4.58. The van der Waals surface area contributed by atoms with Crippen molar-refractivity contribution < 1.29 is 14.6 Å². The number of hydrogen-bond donors (Lipinski definition) is 2. The third-order valence-corrected chi connectivity index (χ3v) is 4.11. The predicted octanol–water partition coefficient (Wildman–Crippen LogP) is 1.78. The van der Waals surface area contributed by atoms with Gasteiger partial charge in [0.05, 0.1) is 6.10 Å². The number of thiophene rings is 1. The van der Waals surface area contributed by atoms with Crippen LogP contribution in [-0.2, 0) is 4.74 Å². The first-order valence-corrected chi connectivity index (χ1v) is 7.76. The van der Waals surface area contributed by atoms with Gasteiger partial charge in [0, 0.05) is 18.7 Å². The molecule has 5 heteroatoms. The summed E-state index contributed by atoms with van der Waals surface area (Å²) in [4.78, 5) is 12.7. The highest BCUT2D eigenvalue weighted by molar-refractivity contribution is 7.12. The molecule has 1 aliphatic rings. The minimum absolute atomic E-state index is 0.0990. The number of nitrogens with one attached hydrogen (secondary N) is 1. The van der Waals surface area contributed by atoms with Crippen molar-refractivity contribution in [3.63, 3.8) is 0 Å². The molecule has 2 heterocycles. The van der Waals surface area contributed by atoms with Crippen LogP contribution in [0.25, 0.3) is 0 Å². The molecule has 0 aliphatic carbocycles. The quantitative estimate of drug-likeness (QED) is 0.832. The van der Waals surface area contributed by atoms with Crippen molar-refractivity contribution >= 4 is 17.2 Å². The molecular formula is C15H19NO3S. The molecule has 20 heavy (non-hydrogen) atoms. The number of carbonyl (C=O) groups excluding carboxylic acids is 1. The molecule has 1 unspecified atom stereocenters. The van der Waals surface area contributed by atoms with E-state index < -0.39 is 0 Å². The number of aliphatic hydroxyl groups is 1. The summed E-state index contributed by atoms with van der Waals surface area (Å²) in [5, 5.41) is 13.4. The maximum atomic E-state index is 12.1. The van der Waals surface area contributed by atoms with Crippen molar-refractivity contribution in [2.45, 2.75) is 31.8 Å². The van der Waals surface area contributed by atoms with Crippen molar-refractivity contribution in [1.29, 1.82) is 0 Å². The van der Waals surface area contributed by atoms with Crippen LogP contribution in [-0.4, -0.2) is 36.9 Å². The van der Waals surface area contributed by atoms with Crippen LogP contribution in [0.1, 0.15) is 40.9 Å². The molecule has 0 bridgehead atoms. The van der Waals surface area contributed by atoms with E-state index in [0.29, 0.717) is 17.0 Å². The maximum absolute atomic E-state index is 12.1. The first-order chi connectivity index (χ1) is 9.81. The number of hydrogen-bond acceptors (Lipinski definition) is 4. The summed E-state index contributed by atoms with van der Waals surface area (Å²) in [6, 6.07) is 1.80. The zero-order chi connectivity index (χ0) is 14.2. The zero-order valence-corrected chi connectivity index (χ0v) is 12.2. The molecule has 2 rings (SSSR count). The second-order valence-electron chi connectivity index (χ2n) is 4.66. The lowest BCUT2D eigenvalue weighted by Gasteiger charge is -2.22. The van der Waals surface area contributed by atoms with Gasteiger partial charge < -0.3 is 15.2 Å². The molecule has 1 amide bonds. The Bertz CT molecular complexity index is 495. The van der Waals surface area contributed by atoms with E-state index in [0.717, 1.165) is 25.9 Å². The van der Waals surface area contributed by atoms with Gasteiger partial charge in [-0.1, -0.05) is 11.8 Å². The molecular weight excluding hydrogens is 274 g/mol. The van der Waals surface area contributed by atoms with Crippen molar-refractivity contribution in [2.75, 3.05) is 19.8 Å². The average molecular weight is 293 g/mol. The van der Waals surface area contributed by atoms with Gasteiger partial charge in [-0.2, -0.15) is 0 Å². The molecule has 0 aromatic carbocycles. The first kappa shape index (κ1) is 15.0. The van der Waals surface area contributed by atoms with Crippen LogP contribution >= 0.6 is 11.3 Å². The van der Waals surface area contributed by atoms with Crippen molar-refractivity contribution in [3.8, 4) is 11.8 Å². The van der Waals surface area contributed by atoms with Crippen molar-refractivity contribution in [3.05, 3.63) is 21.9 Å². The molecule has 2 N–H and O–H groups in total. The highest BCUT2D eigenvalue weighted by Crippen LogP contribution is 2.17. The van der Waals surface area contributed by atoms with Gasteiger partial charge >= 0.3 is 0 Å². The highest BCUT2D eigenvalue weighted by atomic mass is 32.1. The second-order valence-corrected chi connectivity index (χ2v) is 5.57.